The summed E-state index contributed by atoms with van der Waals surface area (Å²) in [5.41, 5.74) is 6.14. The summed E-state index contributed by atoms with van der Waals surface area (Å²) >= 11 is 3.57. The van der Waals surface area contributed by atoms with Gasteiger partial charge in [-0.05, 0) is 67.8 Å². The molecular weight excluding hydrogens is 492 g/mol. The molecule has 5 rings (SSSR count). The van der Waals surface area contributed by atoms with Crippen molar-refractivity contribution >= 4 is 33.5 Å². The fraction of sp³-hybridized carbons (Fsp3) is 0.154. The lowest BCUT2D eigenvalue weighted by molar-refractivity contribution is -0.113. The number of anilines is 2. The highest BCUT2D eigenvalue weighted by Gasteiger charge is 2.34. The van der Waals surface area contributed by atoms with Gasteiger partial charge in [0.25, 0.3) is 5.91 Å². The number of aromatic nitrogens is 4. The summed E-state index contributed by atoms with van der Waals surface area (Å²) in [4.78, 5) is 22.4. The van der Waals surface area contributed by atoms with Crippen molar-refractivity contribution in [2.45, 2.75) is 26.8 Å². The molecule has 1 aliphatic heterocycles. The second-order valence-electron chi connectivity index (χ2n) is 8.32. The number of rotatable bonds is 4. The van der Waals surface area contributed by atoms with Gasteiger partial charge in [-0.2, -0.15) is 4.98 Å². The van der Waals surface area contributed by atoms with E-state index in [4.69, 9.17) is 10.1 Å². The molecule has 0 saturated carbocycles. The topological polar surface area (TPSA) is 84.7 Å². The molecule has 4 aromatic rings. The third-order valence-electron chi connectivity index (χ3n) is 5.95. The van der Waals surface area contributed by atoms with Gasteiger partial charge in [0, 0.05) is 21.9 Å². The SMILES string of the molecule is CC1=C(C(=O)Nc2cccnc2)C(c2cccc(Br)c2)n2nc(-c3ccc(C)c(C)c3)nc2N1. The first-order chi connectivity index (χ1) is 16.4. The average molecular weight is 515 g/mol. The summed E-state index contributed by atoms with van der Waals surface area (Å²) in [5, 5.41) is 11.1. The van der Waals surface area contributed by atoms with Crippen LogP contribution in [0.5, 0.6) is 0 Å². The van der Waals surface area contributed by atoms with E-state index in [0.29, 0.717) is 23.0 Å². The zero-order chi connectivity index (χ0) is 23.8. The van der Waals surface area contributed by atoms with E-state index in [9.17, 15) is 4.79 Å². The molecule has 1 aliphatic rings. The number of nitrogens with one attached hydrogen (secondary N) is 2. The lowest BCUT2D eigenvalue weighted by Crippen LogP contribution is -2.31. The molecule has 2 aromatic heterocycles. The van der Waals surface area contributed by atoms with Gasteiger partial charge in [0.05, 0.1) is 17.5 Å². The Kier molecular flexibility index (Phi) is 5.75. The number of amides is 1. The number of halogens is 1. The summed E-state index contributed by atoms with van der Waals surface area (Å²) in [7, 11) is 0. The minimum atomic E-state index is -0.460. The van der Waals surface area contributed by atoms with Crippen molar-refractivity contribution in [1.29, 1.82) is 0 Å². The van der Waals surface area contributed by atoms with Gasteiger partial charge in [0.15, 0.2) is 5.82 Å². The van der Waals surface area contributed by atoms with E-state index >= 15 is 0 Å². The van der Waals surface area contributed by atoms with Crippen LogP contribution in [0.15, 0.2) is 82.7 Å². The predicted molar refractivity (Wildman–Crippen MR) is 136 cm³/mol. The molecule has 1 unspecified atom stereocenters. The second-order valence-corrected chi connectivity index (χ2v) is 9.24. The number of hydrogen-bond acceptors (Lipinski definition) is 5. The zero-order valence-electron chi connectivity index (χ0n) is 19.0. The second kappa shape index (κ2) is 8.87. The molecule has 8 heteroatoms. The fourth-order valence-electron chi connectivity index (χ4n) is 4.07. The minimum Gasteiger partial charge on any atom is -0.328 e. The Morgan fingerprint density at radius 3 is 2.65 bits per heavy atom. The summed E-state index contributed by atoms with van der Waals surface area (Å²) in [6.45, 7) is 6.04. The van der Waals surface area contributed by atoms with Crippen LogP contribution in [0.3, 0.4) is 0 Å². The van der Waals surface area contributed by atoms with E-state index in [2.05, 4.69) is 57.5 Å². The van der Waals surface area contributed by atoms with Crippen molar-refractivity contribution in [3.05, 3.63) is 99.4 Å². The lowest BCUT2D eigenvalue weighted by atomic mass is 9.95. The third-order valence-corrected chi connectivity index (χ3v) is 6.44. The van der Waals surface area contributed by atoms with Crippen LogP contribution in [-0.2, 0) is 4.79 Å². The zero-order valence-corrected chi connectivity index (χ0v) is 20.6. The molecule has 0 aliphatic carbocycles. The molecule has 0 bridgehead atoms. The highest BCUT2D eigenvalue weighted by molar-refractivity contribution is 9.10. The van der Waals surface area contributed by atoms with Crippen molar-refractivity contribution in [3.63, 3.8) is 0 Å². The maximum atomic E-state index is 13.5. The Balaban J connectivity index is 1.61. The molecule has 3 heterocycles. The van der Waals surface area contributed by atoms with Crippen LogP contribution in [0.25, 0.3) is 11.4 Å². The molecule has 170 valence electrons. The van der Waals surface area contributed by atoms with Crippen LogP contribution in [0.4, 0.5) is 11.6 Å². The van der Waals surface area contributed by atoms with Crippen LogP contribution in [0, 0.1) is 13.8 Å². The first-order valence-corrected chi connectivity index (χ1v) is 11.7. The maximum absolute atomic E-state index is 13.5. The van der Waals surface area contributed by atoms with Crippen LogP contribution in [-0.4, -0.2) is 25.7 Å². The summed E-state index contributed by atoms with van der Waals surface area (Å²) in [6, 6.07) is 17.2. The standard InChI is InChI=1S/C26H23BrN6O/c1-15-9-10-19(12-16(15)2)24-31-26-29-17(3)22(25(34)30-21-8-5-11-28-14-21)23(33(26)32-24)18-6-4-7-20(27)13-18/h4-14,23H,1-3H3,(H,30,34)(H,29,31,32). The monoisotopic (exact) mass is 514 g/mol. The number of carbonyl (C=O) groups excluding carboxylic acids is 1. The Hall–Kier alpha value is -3.78. The van der Waals surface area contributed by atoms with Crippen molar-refractivity contribution < 1.29 is 4.79 Å². The molecule has 2 N–H and O–H groups in total. The Bertz CT molecular complexity index is 1430. The molecule has 0 fully saturated rings. The largest absolute Gasteiger partial charge is 0.328 e. The van der Waals surface area contributed by atoms with Gasteiger partial charge in [-0.3, -0.25) is 9.78 Å². The van der Waals surface area contributed by atoms with Crippen molar-refractivity contribution in [3.8, 4) is 11.4 Å². The lowest BCUT2D eigenvalue weighted by Gasteiger charge is -2.28. The normalized spacial score (nSPS) is 15.0. The van der Waals surface area contributed by atoms with E-state index in [1.807, 2.05) is 43.3 Å². The number of pyridine rings is 1. The Labute approximate surface area is 206 Å². The van der Waals surface area contributed by atoms with Crippen molar-refractivity contribution in [2.75, 3.05) is 10.6 Å². The van der Waals surface area contributed by atoms with Gasteiger partial charge in [-0.1, -0.05) is 40.2 Å². The number of hydrogen-bond donors (Lipinski definition) is 2. The van der Waals surface area contributed by atoms with Crippen LogP contribution in [0.1, 0.15) is 29.7 Å². The molecule has 0 spiro atoms. The molecule has 0 saturated heterocycles. The van der Waals surface area contributed by atoms with Gasteiger partial charge in [-0.15, -0.1) is 5.10 Å². The van der Waals surface area contributed by atoms with Gasteiger partial charge < -0.3 is 10.6 Å². The van der Waals surface area contributed by atoms with Gasteiger partial charge >= 0.3 is 0 Å². The van der Waals surface area contributed by atoms with E-state index in [0.717, 1.165) is 21.3 Å². The van der Waals surface area contributed by atoms with E-state index in [1.54, 1.807) is 23.1 Å². The molecule has 34 heavy (non-hydrogen) atoms. The molecule has 7 nitrogen and oxygen atoms in total. The molecule has 0 radical (unpaired) electrons. The van der Waals surface area contributed by atoms with Gasteiger partial charge in [-0.25, -0.2) is 4.68 Å². The highest BCUT2D eigenvalue weighted by atomic mass is 79.9. The molecule has 2 aromatic carbocycles. The number of fused-ring (bicyclic) bond motifs is 1. The number of carbonyl (C=O) groups is 1. The number of nitrogens with zero attached hydrogens (tertiary/aromatic N) is 4. The van der Waals surface area contributed by atoms with E-state index in [-0.39, 0.29) is 5.91 Å². The quantitative estimate of drug-likeness (QED) is 0.367. The van der Waals surface area contributed by atoms with Gasteiger partial charge in [0.2, 0.25) is 5.95 Å². The first-order valence-electron chi connectivity index (χ1n) is 10.9. The van der Waals surface area contributed by atoms with E-state index < -0.39 is 6.04 Å². The number of aryl methyl sites for hydroxylation is 2. The Morgan fingerprint density at radius 1 is 1.06 bits per heavy atom. The van der Waals surface area contributed by atoms with Crippen LogP contribution < -0.4 is 10.6 Å². The number of benzene rings is 2. The number of allylic oxidation sites excluding steroid dienone is 1. The molecular formula is C26H23BrN6O. The summed E-state index contributed by atoms with van der Waals surface area (Å²) in [5.74, 6) is 0.970. The van der Waals surface area contributed by atoms with Crippen LogP contribution >= 0.6 is 15.9 Å². The van der Waals surface area contributed by atoms with E-state index in [1.165, 1.54) is 11.1 Å². The summed E-state index contributed by atoms with van der Waals surface area (Å²) in [6.07, 6.45) is 3.29. The third kappa shape index (κ3) is 4.12. The Morgan fingerprint density at radius 2 is 1.91 bits per heavy atom. The smallest absolute Gasteiger partial charge is 0.255 e. The predicted octanol–water partition coefficient (Wildman–Crippen LogP) is 5.65. The highest BCUT2D eigenvalue weighted by Crippen LogP contribution is 2.37. The average Bonchev–Trinajstić information content (AvgIpc) is 3.24. The molecule has 1 amide bonds. The van der Waals surface area contributed by atoms with Crippen LogP contribution in [0.2, 0.25) is 0 Å². The van der Waals surface area contributed by atoms with Crippen molar-refractivity contribution in [1.82, 2.24) is 19.7 Å². The first kappa shape index (κ1) is 22.0. The molecule has 1 atom stereocenters. The fourth-order valence-corrected chi connectivity index (χ4v) is 4.48. The minimum absolute atomic E-state index is 0.225. The maximum Gasteiger partial charge on any atom is 0.255 e. The van der Waals surface area contributed by atoms with Crippen molar-refractivity contribution in [2.24, 2.45) is 0 Å². The summed E-state index contributed by atoms with van der Waals surface area (Å²) < 4.78 is 2.71. The van der Waals surface area contributed by atoms with Gasteiger partial charge in [0.1, 0.15) is 6.04 Å².